The fourth-order valence-corrected chi connectivity index (χ4v) is 3.25. The van der Waals surface area contributed by atoms with Crippen LogP contribution in [0.1, 0.15) is 71.1 Å². The third kappa shape index (κ3) is 19.4. The number of halogens is 1. The van der Waals surface area contributed by atoms with Gasteiger partial charge in [-0.3, -0.25) is 0 Å². The molecule has 0 rings (SSSR count). The fraction of sp³-hybridized carbons (Fsp3) is 1.00. The van der Waals surface area contributed by atoms with Gasteiger partial charge >= 0.3 is 0 Å². The van der Waals surface area contributed by atoms with E-state index in [1.54, 1.807) is 0 Å². The number of hydrogen-bond acceptors (Lipinski definition) is 0. The molecule has 0 unspecified atom stereocenters. The summed E-state index contributed by atoms with van der Waals surface area (Å²) in [4.78, 5) is 0. The monoisotopic (exact) mass is 325 g/mol. The Hall–Kier alpha value is 0.910. The molecule has 0 saturated carbocycles. The van der Waals surface area contributed by atoms with Crippen LogP contribution < -0.4 is 0 Å². The molecule has 0 saturated heterocycles. The number of rotatable bonds is 11. The van der Waals surface area contributed by atoms with Crippen molar-refractivity contribution in [3.63, 3.8) is 0 Å². The van der Waals surface area contributed by atoms with Gasteiger partial charge in [0, 0.05) is 27.3 Å². The molecule has 0 spiro atoms. The van der Waals surface area contributed by atoms with Crippen LogP contribution in [-0.4, -0.2) is 26.2 Å². The lowest BCUT2D eigenvalue weighted by Crippen LogP contribution is -1.92. The Morgan fingerprint density at radius 2 is 0.941 bits per heavy atom. The molecule has 17 heavy (non-hydrogen) atoms. The van der Waals surface area contributed by atoms with Crippen LogP contribution in [0.3, 0.4) is 0 Å². The standard InChI is InChI=1S/C15H34P.BrH/c1-5-6-7-8-9-10-11-12-13-14-15-16(2,3)4;/h5-15H2,1-4H3;1H/q+1;. The summed E-state index contributed by atoms with van der Waals surface area (Å²) in [6.07, 6.45) is 16.1. The molecule has 0 nitrogen and oxygen atoms in total. The lowest BCUT2D eigenvalue weighted by atomic mass is 10.1. The van der Waals surface area contributed by atoms with Gasteiger partial charge in [0.25, 0.3) is 0 Å². The summed E-state index contributed by atoms with van der Waals surface area (Å²) in [5, 5.41) is 0. The summed E-state index contributed by atoms with van der Waals surface area (Å²) in [5.41, 5.74) is 0. The molecule has 0 radical (unpaired) electrons. The van der Waals surface area contributed by atoms with Crippen molar-refractivity contribution in [2.75, 3.05) is 26.2 Å². The third-order valence-corrected chi connectivity index (χ3v) is 4.84. The van der Waals surface area contributed by atoms with Crippen molar-refractivity contribution >= 4 is 24.2 Å². The van der Waals surface area contributed by atoms with E-state index in [4.69, 9.17) is 0 Å². The van der Waals surface area contributed by atoms with Crippen molar-refractivity contribution < 1.29 is 0 Å². The van der Waals surface area contributed by atoms with Crippen LogP contribution in [-0.2, 0) is 0 Å². The highest BCUT2D eigenvalue weighted by Crippen LogP contribution is 2.47. The second kappa shape index (κ2) is 13.3. The zero-order valence-corrected chi connectivity index (χ0v) is 15.2. The summed E-state index contributed by atoms with van der Waals surface area (Å²) >= 11 is 0. The molecule has 0 aliphatic carbocycles. The third-order valence-electron chi connectivity index (χ3n) is 3.18. The molecule has 0 aliphatic rings. The first-order valence-corrected chi connectivity index (χ1v) is 10.7. The van der Waals surface area contributed by atoms with E-state index in [1.807, 2.05) is 0 Å². The van der Waals surface area contributed by atoms with Crippen LogP contribution in [0, 0.1) is 0 Å². The smallest absolute Gasteiger partial charge is 0.0586 e. The summed E-state index contributed by atoms with van der Waals surface area (Å²) in [5.74, 6) is 0. The minimum Gasteiger partial charge on any atom is -0.114 e. The maximum atomic E-state index is 2.46. The van der Waals surface area contributed by atoms with Crippen molar-refractivity contribution in [3.8, 4) is 0 Å². The SMILES string of the molecule is Br.CCCCCCCCCCCC[P+](C)(C)C. The van der Waals surface area contributed by atoms with Crippen LogP contribution >= 0.6 is 24.2 Å². The lowest BCUT2D eigenvalue weighted by Gasteiger charge is -2.10. The highest BCUT2D eigenvalue weighted by atomic mass is 79.9. The molecule has 106 valence electrons. The molecular formula is C15H35BrP+. The van der Waals surface area contributed by atoms with Gasteiger partial charge in [0.15, 0.2) is 0 Å². The van der Waals surface area contributed by atoms with Crippen molar-refractivity contribution in [1.82, 2.24) is 0 Å². The molecule has 0 aromatic heterocycles. The molecular weight excluding hydrogens is 291 g/mol. The predicted octanol–water partition coefficient (Wildman–Crippen LogP) is 6.39. The fourth-order valence-electron chi connectivity index (χ4n) is 2.07. The van der Waals surface area contributed by atoms with E-state index < -0.39 is 7.26 Å². The first kappa shape index (κ1) is 20.2. The Balaban J connectivity index is 0. The molecule has 0 atom stereocenters. The Labute approximate surface area is 121 Å². The molecule has 2 heteroatoms. The zero-order chi connectivity index (χ0) is 12.3. The molecule has 0 aromatic carbocycles. The zero-order valence-electron chi connectivity index (χ0n) is 12.6. The van der Waals surface area contributed by atoms with Crippen molar-refractivity contribution in [3.05, 3.63) is 0 Å². The average Bonchev–Trinajstić information content (AvgIpc) is 2.19. The second-order valence-electron chi connectivity index (χ2n) is 6.20. The van der Waals surface area contributed by atoms with E-state index in [2.05, 4.69) is 26.9 Å². The van der Waals surface area contributed by atoms with Crippen LogP contribution in [0.25, 0.3) is 0 Å². The summed E-state index contributed by atoms with van der Waals surface area (Å²) in [7, 11) is -0.490. The molecule has 0 heterocycles. The van der Waals surface area contributed by atoms with Gasteiger partial charge in [0.2, 0.25) is 0 Å². The summed E-state index contributed by atoms with van der Waals surface area (Å²) in [6.45, 7) is 9.67. The van der Waals surface area contributed by atoms with E-state index in [0.717, 1.165) is 0 Å². The first-order valence-electron chi connectivity index (χ1n) is 7.36. The van der Waals surface area contributed by atoms with E-state index >= 15 is 0 Å². The van der Waals surface area contributed by atoms with Crippen molar-refractivity contribution in [2.24, 2.45) is 0 Å². The van der Waals surface area contributed by atoms with Crippen LogP contribution in [0.2, 0.25) is 0 Å². The Bertz CT molecular complexity index is 140. The summed E-state index contributed by atoms with van der Waals surface area (Å²) < 4.78 is 0. The van der Waals surface area contributed by atoms with Gasteiger partial charge in [-0.25, -0.2) is 0 Å². The van der Waals surface area contributed by atoms with Crippen molar-refractivity contribution in [2.45, 2.75) is 71.1 Å². The van der Waals surface area contributed by atoms with E-state index in [9.17, 15) is 0 Å². The van der Waals surface area contributed by atoms with Crippen LogP contribution in [0.5, 0.6) is 0 Å². The van der Waals surface area contributed by atoms with E-state index in [1.165, 1.54) is 70.4 Å². The Kier molecular flexibility index (Phi) is 15.9. The minimum atomic E-state index is -0.490. The largest absolute Gasteiger partial charge is 0.114 e. The van der Waals surface area contributed by atoms with Gasteiger partial charge in [-0.15, -0.1) is 17.0 Å². The maximum absolute atomic E-state index is 2.46. The van der Waals surface area contributed by atoms with Crippen LogP contribution in [0.15, 0.2) is 0 Å². The lowest BCUT2D eigenvalue weighted by molar-refractivity contribution is 0.562. The maximum Gasteiger partial charge on any atom is 0.0586 e. The Morgan fingerprint density at radius 1 is 0.588 bits per heavy atom. The normalized spacial score (nSPS) is 11.3. The van der Waals surface area contributed by atoms with Gasteiger partial charge in [0.1, 0.15) is 0 Å². The molecule has 0 bridgehead atoms. The second-order valence-corrected chi connectivity index (χ2v) is 11.2. The Morgan fingerprint density at radius 3 is 1.29 bits per heavy atom. The van der Waals surface area contributed by atoms with Crippen LogP contribution in [0.4, 0.5) is 0 Å². The molecule has 0 amide bonds. The van der Waals surface area contributed by atoms with Gasteiger partial charge in [-0.2, -0.15) is 0 Å². The van der Waals surface area contributed by atoms with Gasteiger partial charge < -0.3 is 0 Å². The minimum absolute atomic E-state index is 0. The number of unbranched alkanes of at least 4 members (excludes halogenated alkanes) is 9. The molecule has 0 aliphatic heterocycles. The molecule has 0 N–H and O–H groups in total. The predicted molar refractivity (Wildman–Crippen MR) is 91.7 cm³/mol. The van der Waals surface area contributed by atoms with Gasteiger partial charge in [-0.05, 0) is 12.8 Å². The molecule has 0 aromatic rings. The number of hydrogen-bond donors (Lipinski definition) is 0. The first-order chi connectivity index (χ1) is 7.56. The van der Waals surface area contributed by atoms with Crippen molar-refractivity contribution in [1.29, 1.82) is 0 Å². The highest BCUT2D eigenvalue weighted by molar-refractivity contribution is 8.93. The summed E-state index contributed by atoms with van der Waals surface area (Å²) in [6, 6.07) is 0. The quantitative estimate of drug-likeness (QED) is 0.305. The topological polar surface area (TPSA) is 0 Å². The van der Waals surface area contributed by atoms with Gasteiger partial charge in [0.05, 0.1) is 6.16 Å². The van der Waals surface area contributed by atoms with E-state index in [-0.39, 0.29) is 17.0 Å². The average molecular weight is 326 g/mol. The highest BCUT2D eigenvalue weighted by Gasteiger charge is 2.15. The molecule has 0 fully saturated rings. The van der Waals surface area contributed by atoms with E-state index in [0.29, 0.717) is 0 Å². The van der Waals surface area contributed by atoms with Gasteiger partial charge in [-0.1, -0.05) is 58.3 Å².